The molecular weight excluding hydrogens is 480 g/mol. The van der Waals surface area contributed by atoms with Crippen LogP contribution in [0, 0.1) is 0 Å². The number of ether oxygens (including phenoxy) is 3. The standard InChI is InChI=1S/C23H22N2O7S2/c1-30-16-10-13(11-17(31-2)20(16)32-3)12-18-21(27)25(23(33)34-18)9-8-19(26)24-15-7-5-4-6-14(15)22(28)29/h4-7,10-12H,8-9H2,1-3H3,(H,24,26)(H,28,29). The predicted octanol–water partition coefficient (Wildman–Crippen LogP) is 3.64. The van der Waals surface area contributed by atoms with Crippen molar-refractivity contribution >= 4 is 57.8 Å². The number of rotatable bonds is 9. The van der Waals surface area contributed by atoms with Crippen molar-refractivity contribution in [2.75, 3.05) is 33.2 Å². The molecule has 1 aliphatic heterocycles. The predicted molar refractivity (Wildman–Crippen MR) is 133 cm³/mol. The normalized spacial score (nSPS) is 14.3. The summed E-state index contributed by atoms with van der Waals surface area (Å²) in [4.78, 5) is 38.3. The number of nitrogens with one attached hydrogen (secondary N) is 1. The molecule has 0 spiro atoms. The van der Waals surface area contributed by atoms with E-state index in [1.807, 2.05) is 0 Å². The summed E-state index contributed by atoms with van der Waals surface area (Å²) in [6, 6.07) is 9.51. The molecule has 1 heterocycles. The van der Waals surface area contributed by atoms with E-state index in [2.05, 4.69) is 5.32 Å². The highest BCUT2D eigenvalue weighted by Crippen LogP contribution is 2.40. The minimum Gasteiger partial charge on any atom is -0.493 e. The number of carbonyl (C=O) groups excluding carboxylic acids is 2. The number of hydrogen-bond acceptors (Lipinski definition) is 8. The van der Waals surface area contributed by atoms with Crippen LogP contribution in [0.2, 0.25) is 0 Å². The zero-order valence-electron chi connectivity index (χ0n) is 18.6. The molecule has 9 nitrogen and oxygen atoms in total. The highest BCUT2D eigenvalue weighted by atomic mass is 32.2. The Morgan fingerprint density at radius 2 is 1.76 bits per heavy atom. The highest BCUT2D eigenvalue weighted by molar-refractivity contribution is 8.26. The molecule has 178 valence electrons. The molecule has 2 amide bonds. The summed E-state index contributed by atoms with van der Waals surface area (Å²) in [7, 11) is 4.50. The minimum absolute atomic E-state index is 0.0188. The van der Waals surface area contributed by atoms with Gasteiger partial charge in [0, 0.05) is 13.0 Å². The maximum atomic E-state index is 12.9. The summed E-state index contributed by atoms with van der Waals surface area (Å²) in [5.74, 6) is -0.586. The number of methoxy groups -OCH3 is 3. The van der Waals surface area contributed by atoms with E-state index < -0.39 is 11.9 Å². The third kappa shape index (κ3) is 5.49. The van der Waals surface area contributed by atoms with Crippen molar-refractivity contribution in [3.8, 4) is 17.2 Å². The van der Waals surface area contributed by atoms with Gasteiger partial charge >= 0.3 is 5.97 Å². The Morgan fingerprint density at radius 3 is 2.35 bits per heavy atom. The minimum atomic E-state index is -1.15. The SMILES string of the molecule is COc1cc(C=C2SC(=S)N(CCC(=O)Nc3ccccc3C(=O)O)C2=O)cc(OC)c1OC. The maximum Gasteiger partial charge on any atom is 0.337 e. The second-order valence-electron chi connectivity index (χ2n) is 6.94. The van der Waals surface area contributed by atoms with Crippen LogP contribution in [-0.2, 0) is 9.59 Å². The first-order chi connectivity index (χ1) is 16.3. The smallest absolute Gasteiger partial charge is 0.337 e. The van der Waals surface area contributed by atoms with Crippen molar-refractivity contribution in [1.29, 1.82) is 0 Å². The van der Waals surface area contributed by atoms with E-state index in [1.54, 1.807) is 30.3 Å². The first-order valence-corrected chi connectivity index (χ1v) is 11.2. The van der Waals surface area contributed by atoms with Gasteiger partial charge in [0.05, 0.1) is 37.5 Å². The molecule has 0 radical (unpaired) electrons. The molecule has 0 bridgehead atoms. The molecule has 2 N–H and O–H groups in total. The number of nitrogens with zero attached hydrogens (tertiary/aromatic N) is 1. The van der Waals surface area contributed by atoms with Gasteiger partial charge in [0.2, 0.25) is 11.7 Å². The Morgan fingerprint density at radius 1 is 1.12 bits per heavy atom. The average molecular weight is 503 g/mol. The molecule has 0 saturated carbocycles. The van der Waals surface area contributed by atoms with E-state index in [4.69, 9.17) is 26.4 Å². The molecule has 0 atom stereocenters. The second-order valence-corrected chi connectivity index (χ2v) is 8.62. The van der Waals surface area contributed by atoms with Gasteiger partial charge in [-0.05, 0) is 35.9 Å². The molecule has 0 unspecified atom stereocenters. The van der Waals surface area contributed by atoms with E-state index in [0.29, 0.717) is 32.0 Å². The monoisotopic (exact) mass is 502 g/mol. The van der Waals surface area contributed by atoms with Crippen LogP contribution in [0.1, 0.15) is 22.3 Å². The first kappa shape index (κ1) is 25.1. The molecule has 3 rings (SSSR count). The Hall–Kier alpha value is -3.57. The lowest BCUT2D eigenvalue weighted by atomic mass is 10.1. The van der Waals surface area contributed by atoms with E-state index in [0.717, 1.165) is 11.8 Å². The number of amides is 2. The zero-order valence-corrected chi connectivity index (χ0v) is 20.2. The topological polar surface area (TPSA) is 114 Å². The van der Waals surface area contributed by atoms with Crippen molar-refractivity contribution in [1.82, 2.24) is 4.90 Å². The lowest BCUT2D eigenvalue weighted by Crippen LogP contribution is -2.31. The summed E-state index contributed by atoms with van der Waals surface area (Å²) >= 11 is 6.45. The number of aromatic carboxylic acids is 1. The van der Waals surface area contributed by atoms with Crippen molar-refractivity contribution in [2.24, 2.45) is 0 Å². The molecule has 1 aliphatic rings. The number of anilines is 1. The van der Waals surface area contributed by atoms with Crippen molar-refractivity contribution in [3.63, 3.8) is 0 Å². The van der Waals surface area contributed by atoms with Gasteiger partial charge in [0.15, 0.2) is 11.5 Å². The summed E-state index contributed by atoms with van der Waals surface area (Å²) < 4.78 is 16.3. The van der Waals surface area contributed by atoms with Gasteiger partial charge in [0.25, 0.3) is 5.91 Å². The van der Waals surface area contributed by atoms with Crippen molar-refractivity contribution in [2.45, 2.75) is 6.42 Å². The number of carbonyl (C=O) groups is 3. The Bertz CT molecular complexity index is 1150. The van der Waals surface area contributed by atoms with E-state index >= 15 is 0 Å². The highest BCUT2D eigenvalue weighted by Gasteiger charge is 2.32. The molecule has 2 aromatic rings. The fourth-order valence-corrected chi connectivity index (χ4v) is 4.54. The van der Waals surface area contributed by atoms with Crippen LogP contribution < -0.4 is 19.5 Å². The number of para-hydroxylation sites is 1. The van der Waals surface area contributed by atoms with Crippen LogP contribution in [0.4, 0.5) is 5.69 Å². The first-order valence-electron chi connectivity index (χ1n) is 9.96. The molecule has 1 fully saturated rings. The van der Waals surface area contributed by atoms with Crippen LogP contribution in [0.15, 0.2) is 41.3 Å². The number of thioether (sulfide) groups is 1. The number of carboxylic acid groups (broad SMARTS) is 1. The lowest BCUT2D eigenvalue weighted by molar-refractivity contribution is -0.122. The maximum absolute atomic E-state index is 12.9. The van der Waals surface area contributed by atoms with Crippen molar-refractivity contribution in [3.05, 3.63) is 52.4 Å². The van der Waals surface area contributed by atoms with Gasteiger partial charge in [-0.25, -0.2) is 4.79 Å². The summed E-state index contributed by atoms with van der Waals surface area (Å²) in [5.41, 5.74) is 0.820. The number of thiocarbonyl (C=S) groups is 1. The van der Waals surface area contributed by atoms with Gasteiger partial charge in [-0.1, -0.05) is 36.1 Å². The molecule has 2 aromatic carbocycles. The fourth-order valence-electron chi connectivity index (χ4n) is 3.23. The zero-order chi connectivity index (χ0) is 24.8. The molecule has 11 heteroatoms. The van der Waals surface area contributed by atoms with Gasteiger partial charge in [-0.3, -0.25) is 14.5 Å². The van der Waals surface area contributed by atoms with Gasteiger partial charge in [-0.2, -0.15) is 0 Å². The van der Waals surface area contributed by atoms with E-state index in [9.17, 15) is 19.5 Å². The van der Waals surface area contributed by atoms with Gasteiger partial charge < -0.3 is 24.6 Å². The van der Waals surface area contributed by atoms with E-state index in [1.165, 1.54) is 38.4 Å². The van der Waals surface area contributed by atoms with Crippen LogP contribution in [0.5, 0.6) is 17.2 Å². The van der Waals surface area contributed by atoms with Gasteiger partial charge in [0.1, 0.15) is 4.32 Å². The van der Waals surface area contributed by atoms with Crippen LogP contribution >= 0.6 is 24.0 Å². The molecule has 0 aliphatic carbocycles. The molecule has 0 aromatic heterocycles. The van der Waals surface area contributed by atoms with Crippen molar-refractivity contribution < 1.29 is 33.7 Å². The Kier molecular flexibility index (Phi) is 8.13. The fraction of sp³-hybridized carbons (Fsp3) is 0.217. The summed E-state index contributed by atoms with van der Waals surface area (Å²) in [5, 5.41) is 11.8. The number of benzene rings is 2. The molecular formula is C23H22N2O7S2. The van der Waals surface area contributed by atoms with Gasteiger partial charge in [-0.15, -0.1) is 0 Å². The Labute approximate surface area is 205 Å². The molecule has 1 saturated heterocycles. The summed E-state index contributed by atoms with van der Waals surface area (Å²) in [6.45, 7) is 0.0539. The summed E-state index contributed by atoms with van der Waals surface area (Å²) in [6.07, 6.45) is 1.60. The number of carboxylic acids is 1. The van der Waals surface area contributed by atoms with E-state index in [-0.39, 0.29) is 30.1 Å². The Balaban J connectivity index is 1.71. The largest absolute Gasteiger partial charge is 0.493 e. The molecule has 34 heavy (non-hydrogen) atoms. The third-order valence-corrected chi connectivity index (χ3v) is 6.23. The van der Waals surface area contributed by atoms with Crippen LogP contribution in [0.3, 0.4) is 0 Å². The second kappa shape index (κ2) is 11.0. The average Bonchev–Trinajstić information content (AvgIpc) is 3.09. The van der Waals surface area contributed by atoms with Crippen LogP contribution in [-0.4, -0.2) is 60.0 Å². The lowest BCUT2D eigenvalue weighted by Gasteiger charge is -2.15. The third-order valence-electron chi connectivity index (χ3n) is 4.85. The number of hydrogen-bond donors (Lipinski definition) is 2. The van der Waals surface area contributed by atoms with Crippen LogP contribution in [0.25, 0.3) is 6.08 Å². The quantitative estimate of drug-likeness (QED) is 0.392.